The number of thioether (sulfide) groups is 1. The first-order valence-electron chi connectivity index (χ1n) is 14.4. The lowest BCUT2D eigenvalue weighted by atomic mass is 10.0. The minimum atomic E-state index is -0.455. The van der Waals surface area contributed by atoms with Crippen molar-refractivity contribution in [3.05, 3.63) is 131 Å². The molecule has 1 unspecified atom stereocenters. The molecule has 0 fully saturated rings. The average molecular weight is 592 g/mol. The highest BCUT2D eigenvalue weighted by molar-refractivity contribution is 8.00. The van der Waals surface area contributed by atoms with Crippen molar-refractivity contribution in [2.45, 2.75) is 50.2 Å². The molecular formula is C36H37N3O3S. The Kier molecular flexibility index (Phi) is 10.9. The molecule has 4 rings (SSSR count). The number of aryl methyl sites for hydroxylation is 1. The topological polar surface area (TPSA) is 87.3 Å². The standard InChI is InChI=1S/C36H37N3O3S/c1-5-33(36(42)37-29-20-14-25(4)15-21-29)43-31-13-9-12-30(23-31)38-35(41)32(39-34(40)28-10-7-6-8-11-28)22-26-16-18-27(19-17-26)24(2)3/h6-24,33H,5H2,1-4H3,(H,37,42)(H,38,41)(H,39,40)/b32-22+. The molecule has 0 aliphatic carbocycles. The molecule has 0 saturated heterocycles. The Bertz CT molecular complexity index is 1580. The smallest absolute Gasteiger partial charge is 0.272 e. The van der Waals surface area contributed by atoms with Crippen molar-refractivity contribution in [1.82, 2.24) is 5.32 Å². The molecule has 43 heavy (non-hydrogen) atoms. The second kappa shape index (κ2) is 15.0. The summed E-state index contributed by atoms with van der Waals surface area (Å²) < 4.78 is 0. The van der Waals surface area contributed by atoms with Crippen LogP contribution in [0.25, 0.3) is 6.08 Å². The first-order valence-corrected chi connectivity index (χ1v) is 15.2. The van der Waals surface area contributed by atoms with E-state index in [2.05, 4.69) is 29.8 Å². The maximum Gasteiger partial charge on any atom is 0.272 e. The SMILES string of the molecule is CCC(Sc1cccc(NC(=O)/C(=C\c2ccc(C(C)C)cc2)NC(=O)c2ccccc2)c1)C(=O)Nc1ccc(C)cc1. The maximum absolute atomic E-state index is 13.5. The molecule has 0 spiro atoms. The summed E-state index contributed by atoms with van der Waals surface area (Å²) in [5.74, 6) is -0.535. The first kappa shape index (κ1) is 31.3. The van der Waals surface area contributed by atoms with E-state index in [0.717, 1.165) is 21.7 Å². The van der Waals surface area contributed by atoms with Crippen molar-refractivity contribution in [2.24, 2.45) is 0 Å². The van der Waals surface area contributed by atoms with Crippen molar-refractivity contribution in [2.75, 3.05) is 10.6 Å². The average Bonchev–Trinajstić information content (AvgIpc) is 3.01. The number of amides is 3. The molecule has 0 saturated carbocycles. The molecule has 4 aromatic carbocycles. The summed E-state index contributed by atoms with van der Waals surface area (Å²) in [5.41, 5.74) is 4.98. The van der Waals surface area contributed by atoms with Crippen LogP contribution < -0.4 is 16.0 Å². The molecule has 3 N–H and O–H groups in total. The van der Waals surface area contributed by atoms with Gasteiger partial charge in [0.15, 0.2) is 0 Å². The Hall–Kier alpha value is -4.62. The number of rotatable bonds is 11. The van der Waals surface area contributed by atoms with Crippen LogP contribution in [0.3, 0.4) is 0 Å². The monoisotopic (exact) mass is 591 g/mol. The van der Waals surface area contributed by atoms with Gasteiger partial charge in [-0.1, -0.05) is 87.0 Å². The summed E-state index contributed by atoms with van der Waals surface area (Å²) in [7, 11) is 0. The van der Waals surface area contributed by atoms with Crippen LogP contribution in [-0.2, 0) is 9.59 Å². The van der Waals surface area contributed by atoms with Crippen molar-refractivity contribution < 1.29 is 14.4 Å². The van der Waals surface area contributed by atoms with Crippen molar-refractivity contribution in [3.63, 3.8) is 0 Å². The Morgan fingerprint density at radius 2 is 1.49 bits per heavy atom. The number of hydrogen-bond donors (Lipinski definition) is 3. The minimum Gasteiger partial charge on any atom is -0.325 e. The summed E-state index contributed by atoms with van der Waals surface area (Å²) in [6.45, 7) is 8.21. The summed E-state index contributed by atoms with van der Waals surface area (Å²) >= 11 is 1.44. The molecule has 0 radical (unpaired) electrons. The van der Waals surface area contributed by atoms with E-state index in [4.69, 9.17) is 0 Å². The van der Waals surface area contributed by atoms with Crippen LogP contribution in [0.15, 0.2) is 114 Å². The largest absolute Gasteiger partial charge is 0.325 e. The van der Waals surface area contributed by atoms with Crippen LogP contribution in [0, 0.1) is 6.92 Å². The van der Waals surface area contributed by atoms with E-state index >= 15 is 0 Å². The van der Waals surface area contributed by atoms with Crippen molar-refractivity contribution in [3.8, 4) is 0 Å². The third-order valence-electron chi connectivity index (χ3n) is 6.80. The van der Waals surface area contributed by atoms with Gasteiger partial charge in [0.25, 0.3) is 11.8 Å². The van der Waals surface area contributed by atoms with E-state index in [1.54, 1.807) is 36.4 Å². The summed E-state index contributed by atoms with van der Waals surface area (Å²) in [6, 6.07) is 31.7. The molecule has 0 aliphatic rings. The zero-order valence-electron chi connectivity index (χ0n) is 24.9. The van der Waals surface area contributed by atoms with Gasteiger partial charge in [-0.3, -0.25) is 14.4 Å². The Morgan fingerprint density at radius 1 is 0.791 bits per heavy atom. The second-order valence-corrected chi connectivity index (χ2v) is 11.8. The molecule has 220 valence electrons. The molecule has 0 aromatic heterocycles. The molecule has 6 nitrogen and oxygen atoms in total. The van der Waals surface area contributed by atoms with E-state index in [-0.39, 0.29) is 22.8 Å². The lowest BCUT2D eigenvalue weighted by Gasteiger charge is -2.16. The lowest BCUT2D eigenvalue weighted by Crippen LogP contribution is -2.30. The fraction of sp³-hybridized carbons (Fsp3) is 0.194. The van der Waals surface area contributed by atoms with E-state index in [1.165, 1.54) is 17.3 Å². The van der Waals surface area contributed by atoms with Gasteiger partial charge < -0.3 is 16.0 Å². The quantitative estimate of drug-likeness (QED) is 0.122. The molecule has 7 heteroatoms. The van der Waals surface area contributed by atoms with Crippen LogP contribution in [0.4, 0.5) is 11.4 Å². The third kappa shape index (κ3) is 9.18. The predicted octanol–water partition coefficient (Wildman–Crippen LogP) is 8.04. The highest BCUT2D eigenvalue weighted by Gasteiger charge is 2.19. The van der Waals surface area contributed by atoms with Gasteiger partial charge in [-0.05, 0) is 78.9 Å². The van der Waals surface area contributed by atoms with Crippen molar-refractivity contribution >= 4 is 46.9 Å². The molecule has 1 atom stereocenters. The second-order valence-electron chi connectivity index (χ2n) is 10.6. The molecule has 0 bridgehead atoms. The van der Waals surface area contributed by atoms with E-state index in [0.29, 0.717) is 23.6 Å². The number of hydrogen-bond acceptors (Lipinski definition) is 4. The van der Waals surface area contributed by atoms with Crippen LogP contribution in [0.1, 0.15) is 60.2 Å². The summed E-state index contributed by atoms with van der Waals surface area (Å²) in [5, 5.41) is 8.38. The zero-order valence-corrected chi connectivity index (χ0v) is 25.7. The van der Waals surface area contributed by atoms with E-state index in [1.807, 2.05) is 86.6 Å². The number of carbonyl (C=O) groups is 3. The van der Waals surface area contributed by atoms with Gasteiger partial charge in [0.1, 0.15) is 5.70 Å². The Labute approximate surface area is 258 Å². The molecule has 3 amide bonds. The maximum atomic E-state index is 13.5. The number of anilines is 2. The zero-order chi connectivity index (χ0) is 30.8. The summed E-state index contributed by atoms with van der Waals surface area (Å²) in [6.07, 6.45) is 2.30. The van der Waals surface area contributed by atoms with Crippen LogP contribution >= 0.6 is 11.8 Å². The van der Waals surface area contributed by atoms with Crippen molar-refractivity contribution in [1.29, 1.82) is 0 Å². The Balaban J connectivity index is 1.51. The van der Waals surface area contributed by atoms with Gasteiger partial charge in [-0.2, -0.15) is 0 Å². The van der Waals surface area contributed by atoms with Gasteiger partial charge in [0.05, 0.1) is 5.25 Å². The van der Waals surface area contributed by atoms with Gasteiger partial charge in [0, 0.05) is 21.8 Å². The van der Waals surface area contributed by atoms with E-state index < -0.39 is 5.91 Å². The van der Waals surface area contributed by atoms with Gasteiger partial charge in [-0.25, -0.2) is 0 Å². The van der Waals surface area contributed by atoms with Crippen LogP contribution in [0.5, 0.6) is 0 Å². The fourth-order valence-electron chi connectivity index (χ4n) is 4.28. The highest BCUT2D eigenvalue weighted by Crippen LogP contribution is 2.29. The Morgan fingerprint density at radius 3 is 2.14 bits per heavy atom. The van der Waals surface area contributed by atoms with Crippen LogP contribution in [0.2, 0.25) is 0 Å². The molecular weight excluding hydrogens is 554 g/mol. The number of nitrogens with one attached hydrogen (secondary N) is 3. The molecule has 4 aromatic rings. The highest BCUT2D eigenvalue weighted by atomic mass is 32.2. The normalized spacial score (nSPS) is 12.0. The molecule has 0 aliphatic heterocycles. The summed E-state index contributed by atoms with van der Waals surface area (Å²) in [4.78, 5) is 40.3. The third-order valence-corrected chi connectivity index (χ3v) is 8.15. The first-order chi connectivity index (χ1) is 20.7. The predicted molar refractivity (Wildman–Crippen MR) is 177 cm³/mol. The molecule has 0 heterocycles. The number of benzene rings is 4. The number of carbonyl (C=O) groups excluding carboxylic acids is 3. The lowest BCUT2D eigenvalue weighted by molar-refractivity contribution is -0.116. The van der Waals surface area contributed by atoms with E-state index in [9.17, 15) is 14.4 Å². The fourth-order valence-corrected chi connectivity index (χ4v) is 5.29. The van der Waals surface area contributed by atoms with Gasteiger partial charge >= 0.3 is 0 Å². The minimum absolute atomic E-state index is 0.0804. The van der Waals surface area contributed by atoms with Gasteiger partial charge in [-0.15, -0.1) is 11.8 Å². The van der Waals surface area contributed by atoms with Crippen LogP contribution in [-0.4, -0.2) is 23.0 Å². The van der Waals surface area contributed by atoms with Gasteiger partial charge in [0.2, 0.25) is 5.91 Å².